The minimum absolute atomic E-state index is 0.0878. The maximum absolute atomic E-state index is 15.2. The van der Waals surface area contributed by atoms with Crippen LogP contribution in [-0.4, -0.2) is 57.0 Å². The lowest BCUT2D eigenvalue weighted by Gasteiger charge is -2.47. The first kappa shape index (κ1) is 26.0. The van der Waals surface area contributed by atoms with Crippen LogP contribution in [0.4, 0.5) is 21.6 Å². The zero-order chi connectivity index (χ0) is 28.2. The van der Waals surface area contributed by atoms with Gasteiger partial charge in [0.1, 0.15) is 17.4 Å². The highest BCUT2D eigenvalue weighted by molar-refractivity contribution is 6.00. The number of carbonyl (C=O) groups is 2. The highest BCUT2D eigenvalue weighted by Crippen LogP contribution is 2.44. The number of imide groups is 1. The summed E-state index contributed by atoms with van der Waals surface area (Å²) in [6, 6.07) is 5.29. The molecule has 5 heterocycles. The fourth-order valence-electron chi connectivity index (χ4n) is 6.56. The molecule has 1 N–H and O–H groups in total. The summed E-state index contributed by atoms with van der Waals surface area (Å²) in [5.74, 6) is -1.73. The van der Waals surface area contributed by atoms with E-state index in [0.29, 0.717) is 5.52 Å². The van der Waals surface area contributed by atoms with Crippen molar-refractivity contribution < 1.29 is 18.9 Å². The van der Waals surface area contributed by atoms with Crippen molar-refractivity contribution in [1.29, 1.82) is 0 Å². The van der Waals surface area contributed by atoms with Gasteiger partial charge in [0.05, 0.1) is 16.9 Å². The first-order chi connectivity index (χ1) is 19.2. The number of amides is 2. The largest absolute Gasteiger partial charge is 0.370 e. The molecule has 1 spiro atoms. The molecule has 0 radical (unpaired) electrons. The molecule has 3 aromatic rings. The number of imidazole rings is 1. The van der Waals surface area contributed by atoms with Gasteiger partial charge < -0.3 is 19.9 Å². The molecule has 3 saturated heterocycles. The maximum atomic E-state index is 15.2. The van der Waals surface area contributed by atoms with Crippen molar-refractivity contribution in [1.82, 2.24) is 19.4 Å². The molecule has 1 atom stereocenters. The lowest BCUT2D eigenvalue weighted by Crippen LogP contribution is -2.47. The molecule has 3 aliphatic heterocycles. The van der Waals surface area contributed by atoms with Crippen molar-refractivity contribution in [2.45, 2.75) is 44.6 Å². The Bertz CT molecular complexity index is 1560. The normalized spacial score (nSPS) is 21.2. The number of pyridine rings is 1. The number of carbonyl (C=O) groups excluding carboxylic acids is 2. The van der Waals surface area contributed by atoms with E-state index < -0.39 is 34.3 Å². The molecule has 6 rings (SSSR count). The van der Waals surface area contributed by atoms with Gasteiger partial charge in [0.15, 0.2) is 6.20 Å². The van der Waals surface area contributed by atoms with Crippen LogP contribution in [0.25, 0.3) is 11.0 Å². The molecule has 2 aromatic heterocycles. The van der Waals surface area contributed by atoms with Gasteiger partial charge in [-0.1, -0.05) is 0 Å². The Labute approximate surface area is 228 Å². The zero-order valence-corrected chi connectivity index (χ0v) is 22.1. The minimum atomic E-state index is -0.945. The van der Waals surface area contributed by atoms with Gasteiger partial charge in [-0.2, -0.15) is 0 Å². The monoisotopic (exact) mass is 551 g/mol. The van der Waals surface area contributed by atoms with Gasteiger partial charge in [0.2, 0.25) is 11.8 Å². The summed E-state index contributed by atoms with van der Waals surface area (Å²) in [5.41, 5.74) is 1.86. The van der Waals surface area contributed by atoms with Gasteiger partial charge in [-0.3, -0.25) is 24.0 Å². The van der Waals surface area contributed by atoms with Gasteiger partial charge in [0, 0.05) is 45.7 Å². The fourth-order valence-corrected chi connectivity index (χ4v) is 6.56. The number of benzene rings is 1. The van der Waals surface area contributed by atoms with Crippen LogP contribution in [0.15, 0.2) is 35.3 Å². The van der Waals surface area contributed by atoms with Gasteiger partial charge in [-0.05, 0) is 65.6 Å². The molecule has 13 heteroatoms. The molecule has 12 nitrogen and oxygen atoms in total. The molecule has 210 valence electrons. The highest BCUT2D eigenvalue weighted by Gasteiger charge is 2.39. The number of aromatic nitrogens is 3. The lowest BCUT2D eigenvalue weighted by molar-refractivity contribution is -0.389. The Morgan fingerprint density at radius 2 is 1.68 bits per heavy atom. The van der Waals surface area contributed by atoms with Crippen molar-refractivity contribution in [3.05, 3.63) is 56.9 Å². The standard InChI is InChI=1S/C27H30FN7O5/c1-31-24-19(4-3-18(28)23(24)34(26(31)38)20-5-7-22(36)30-25(20)37)33-14-10-27(11-15-33)8-12-32(13-9-27)17-2-6-21(29-16-17)35(39)40/h2-4,6,16,20H,5,7-15H2,1H3,(H,30,36,37)/t20-/m1/s1. The second-order valence-corrected chi connectivity index (χ2v) is 11.0. The van der Waals surface area contributed by atoms with Crippen LogP contribution in [-0.2, 0) is 16.6 Å². The second-order valence-electron chi connectivity index (χ2n) is 11.0. The van der Waals surface area contributed by atoms with Crippen LogP contribution in [0.5, 0.6) is 0 Å². The number of halogens is 1. The summed E-state index contributed by atoms with van der Waals surface area (Å²) in [6.07, 6.45) is 5.66. The smallest absolute Gasteiger partial charge is 0.363 e. The van der Waals surface area contributed by atoms with Crippen molar-refractivity contribution >= 4 is 40.0 Å². The summed E-state index contributed by atoms with van der Waals surface area (Å²) < 4.78 is 17.8. The Balaban J connectivity index is 1.20. The zero-order valence-electron chi connectivity index (χ0n) is 22.1. The number of nitrogens with zero attached hydrogens (tertiary/aromatic N) is 6. The third-order valence-corrected chi connectivity index (χ3v) is 8.95. The van der Waals surface area contributed by atoms with E-state index in [1.54, 1.807) is 25.4 Å². The third-order valence-electron chi connectivity index (χ3n) is 8.95. The molecule has 40 heavy (non-hydrogen) atoms. The van der Waals surface area contributed by atoms with Crippen molar-refractivity contribution in [2.75, 3.05) is 36.0 Å². The highest BCUT2D eigenvalue weighted by atomic mass is 19.1. The number of hydrogen-bond donors (Lipinski definition) is 1. The Hall–Kier alpha value is -4.29. The van der Waals surface area contributed by atoms with Crippen LogP contribution in [0.2, 0.25) is 0 Å². The van der Waals surface area contributed by atoms with Crippen molar-refractivity contribution in [2.24, 2.45) is 12.5 Å². The molecule has 0 unspecified atom stereocenters. The summed E-state index contributed by atoms with van der Waals surface area (Å²) in [7, 11) is 1.59. The number of hydrogen-bond acceptors (Lipinski definition) is 8. The molecule has 0 saturated carbocycles. The van der Waals surface area contributed by atoms with E-state index in [2.05, 4.69) is 20.1 Å². The van der Waals surface area contributed by atoms with E-state index >= 15 is 4.39 Å². The van der Waals surface area contributed by atoms with Crippen LogP contribution < -0.4 is 20.8 Å². The first-order valence-corrected chi connectivity index (χ1v) is 13.5. The lowest BCUT2D eigenvalue weighted by atomic mass is 9.71. The Morgan fingerprint density at radius 3 is 2.27 bits per heavy atom. The maximum Gasteiger partial charge on any atom is 0.363 e. The second kappa shape index (κ2) is 9.72. The van der Waals surface area contributed by atoms with Crippen LogP contribution >= 0.6 is 0 Å². The summed E-state index contributed by atoms with van der Waals surface area (Å²) in [4.78, 5) is 56.2. The topological polar surface area (TPSA) is 136 Å². The van der Waals surface area contributed by atoms with Crippen LogP contribution in [0, 0.1) is 21.3 Å². The molecule has 3 fully saturated rings. The van der Waals surface area contributed by atoms with Crippen LogP contribution in [0.3, 0.4) is 0 Å². The quantitative estimate of drug-likeness (QED) is 0.297. The minimum Gasteiger partial charge on any atom is -0.370 e. The fraction of sp³-hybridized carbons (Fsp3) is 0.481. The Morgan fingerprint density at radius 1 is 1.00 bits per heavy atom. The summed E-state index contributed by atoms with van der Waals surface area (Å²) in [6.45, 7) is 3.17. The molecular weight excluding hydrogens is 521 g/mol. The van der Waals surface area contributed by atoms with E-state index in [0.717, 1.165) is 63.2 Å². The van der Waals surface area contributed by atoms with Crippen LogP contribution in [0.1, 0.15) is 44.6 Å². The number of nitro groups is 1. The predicted molar refractivity (Wildman–Crippen MR) is 145 cm³/mol. The first-order valence-electron chi connectivity index (χ1n) is 13.5. The average molecular weight is 552 g/mol. The van der Waals surface area contributed by atoms with E-state index in [-0.39, 0.29) is 29.6 Å². The summed E-state index contributed by atoms with van der Waals surface area (Å²) in [5, 5.41) is 13.2. The molecule has 2 amide bonds. The summed E-state index contributed by atoms with van der Waals surface area (Å²) >= 11 is 0. The van der Waals surface area contributed by atoms with E-state index in [9.17, 15) is 24.5 Å². The average Bonchev–Trinajstić information content (AvgIpc) is 3.21. The molecule has 3 aliphatic rings. The number of piperidine rings is 3. The van der Waals surface area contributed by atoms with Gasteiger partial charge in [-0.25, -0.2) is 9.18 Å². The molecule has 0 bridgehead atoms. The van der Waals surface area contributed by atoms with E-state index in [1.807, 2.05) is 0 Å². The van der Waals surface area contributed by atoms with E-state index in [1.165, 1.54) is 21.3 Å². The van der Waals surface area contributed by atoms with Crippen molar-refractivity contribution in [3.63, 3.8) is 0 Å². The molecule has 0 aliphatic carbocycles. The number of nitrogens with one attached hydrogen (secondary N) is 1. The van der Waals surface area contributed by atoms with Crippen molar-refractivity contribution in [3.8, 4) is 0 Å². The number of anilines is 2. The predicted octanol–water partition coefficient (Wildman–Crippen LogP) is 2.65. The number of fused-ring (bicyclic) bond motifs is 1. The third kappa shape index (κ3) is 4.29. The van der Waals surface area contributed by atoms with E-state index in [4.69, 9.17) is 0 Å². The SMILES string of the molecule is Cn1c(=O)n([C@@H]2CCC(=O)NC2=O)c2c(F)ccc(N3CCC4(CCN(c5ccc([N+](=O)[O-])nc5)CC4)CC3)c21. The Kier molecular flexibility index (Phi) is 6.31. The number of aryl methyl sites for hydroxylation is 1. The van der Waals surface area contributed by atoms with Gasteiger partial charge in [0.25, 0.3) is 0 Å². The molecule has 1 aromatic carbocycles. The van der Waals surface area contributed by atoms with Gasteiger partial charge >= 0.3 is 11.5 Å². The van der Waals surface area contributed by atoms with Gasteiger partial charge in [-0.15, -0.1) is 0 Å². The number of rotatable bonds is 4. The molecular formula is C27H30FN7O5.